The van der Waals surface area contributed by atoms with Gasteiger partial charge < -0.3 is 9.15 Å². The zero-order valence-corrected chi connectivity index (χ0v) is 11.7. The van der Waals surface area contributed by atoms with Crippen molar-refractivity contribution >= 4 is 5.91 Å². The molecule has 2 aromatic heterocycles. The van der Waals surface area contributed by atoms with Crippen LogP contribution >= 0.6 is 0 Å². The van der Waals surface area contributed by atoms with E-state index in [1.807, 2.05) is 30.2 Å². The number of nitrogens with one attached hydrogen (secondary N) is 1. The summed E-state index contributed by atoms with van der Waals surface area (Å²) in [5.74, 6) is 6.06. The second-order valence-corrected chi connectivity index (χ2v) is 4.70. The van der Waals surface area contributed by atoms with E-state index in [-0.39, 0.29) is 11.8 Å². The van der Waals surface area contributed by atoms with Gasteiger partial charge in [-0.05, 0) is 26.8 Å². The van der Waals surface area contributed by atoms with Crippen LogP contribution in [0.15, 0.2) is 22.9 Å². The number of furan rings is 1. The quantitative estimate of drug-likeness (QED) is 0.491. The second-order valence-electron chi connectivity index (χ2n) is 4.70. The van der Waals surface area contributed by atoms with Gasteiger partial charge in [0, 0.05) is 11.6 Å². The molecule has 2 rings (SSSR count). The van der Waals surface area contributed by atoms with E-state index < -0.39 is 5.91 Å². The maximum atomic E-state index is 11.3. The normalized spacial score (nSPS) is 10.8. The lowest BCUT2D eigenvalue weighted by Gasteiger charge is -2.04. The van der Waals surface area contributed by atoms with E-state index in [4.69, 9.17) is 15.0 Å². The molecule has 0 radical (unpaired) electrons. The fourth-order valence-corrected chi connectivity index (χ4v) is 1.68. The van der Waals surface area contributed by atoms with Crippen molar-refractivity contribution in [2.24, 2.45) is 5.84 Å². The van der Waals surface area contributed by atoms with E-state index in [0.29, 0.717) is 18.1 Å². The third-order valence-electron chi connectivity index (χ3n) is 2.88. The molecular formula is C13H18N4O3. The largest absolute Gasteiger partial charge is 0.485 e. The molecule has 7 nitrogen and oxygen atoms in total. The maximum Gasteiger partial charge on any atom is 0.300 e. The van der Waals surface area contributed by atoms with Crippen molar-refractivity contribution in [1.82, 2.24) is 15.2 Å². The van der Waals surface area contributed by atoms with Crippen LogP contribution in [0.25, 0.3) is 0 Å². The highest BCUT2D eigenvalue weighted by Crippen LogP contribution is 2.18. The number of aromatic nitrogens is 2. The van der Waals surface area contributed by atoms with E-state index in [2.05, 4.69) is 5.10 Å². The van der Waals surface area contributed by atoms with Crippen molar-refractivity contribution in [3.8, 4) is 5.75 Å². The summed E-state index contributed by atoms with van der Waals surface area (Å²) in [4.78, 5) is 11.3. The molecule has 0 saturated heterocycles. The van der Waals surface area contributed by atoms with Crippen LogP contribution in [0.5, 0.6) is 5.75 Å². The summed E-state index contributed by atoms with van der Waals surface area (Å²) < 4.78 is 12.7. The highest BCUT2D eigenvalue weighted by molar-refractivity contribution is 5.91. The third-order valence-corrected chi connectivity index (χ3v) is 2.88. The van der Waals surface area contributed by atoms with E-state index in [9.17, 15) is 4.79 Å². The number of hydrazine groups is 1. The number of amides is 1. The number of nitrogens with two attached hydrogens (primary N) is 1. The SMILES string of the molecule is Cc1oc(C(=O)NN)cc1COc1cnn(C(C)C)c1. The molecule has 108 valence electrons. The summed E-state index contributed by atoms with van der Waals surface area (Å²) in [5.41, 5.74) is 2.82. The first kappa shape index (κ1) is 14.1. The number of nitrogens with zero attached hydrogens (tertiary/aromatic N) is 2. The maximum absolute atomic E-state index is 11.3. The molecular weight excluding hydrogens is 260 g/mol. The lowest BCUT2D eigenvalue weighted by atomic mass is 10.2. The topological polar surface area (TPSA) is 95.3 Å². The number of carbonyl (C=O) groups excluding carboxylic acids is 1. The zero-order valence-electron chi connectivity index (χ0n) is 11.7. The van der Waals surface area contributed by atoms with Gasteiger partial charge in [0.05, 0.1) is 12.4 Å². The Kier molecular flexibility index (Phi) is 4.09. The fraction of sp³-hybridized carbons (Fsp3) is 0.385. The van der Waals surface area contributed by atoms with Gasteiger partial charge in [-0.1, -0.05) is 0 Å². The molecule has 2 aromatic rings. The highest BCUT2D eigenvalue weighted by atomic mass is 16.5. The molecule has 2 heterocycles. The molecule has 0 aliphatic carbocycles. The van der Waals surface area contributed by atoms with Crippen molar-refractivity contribution < 1.29 is 13.9 Å². The number of carbonyl (C=O) groups is 1. The fourth-order valence-electron chi connectivity index (χ4n) is 1.68. The number of aryl methyl sites for hydroxylation is 1. The Bertz CT molecular complexity index is 601. The van der Waals surface area contributed by atoms with Gasteiger partial charge >= 0.3 is 5.91 Å². The Morgan fingerprint density at radius 2 is 2.35 bits per heavy atom. The van der Waals surface area contributed by atoms with Crippen LogP contribution in [0.1, 0.15) is 41.8 Å². The summed E-state index contributed by atoms with van der Waals surface area (Å²) >= 11 is 0. The molecule has 0 aliphatic rings. The molecule has 0 aromatic carbocycles. The second kappa shape index (κ2) is 5.79. The minimum Gasteiger partial charge on any atom is -0.485 e. The van der Waals surface area contributed by atoms with Gasteiger partial charge in [-0.2, -0.15) is 5.10 Å². The summed E-state index contributed by atoms with van der Waals surface area (Å²) in [5, 5.41) is 4.18. The standard InChI is InChI=1S/C13H18N4O3/c1-8(2)17-6-11(5-15-17)19-7-10-4-12(13(18)16-14)20-9(10)3/h4-6,8H,7,14H2,1-3H3,(H,16,18). The van der Waals surface area contributed by atoms with Crippen LogP contribution in [0, 0.1) is 6.92 Å². The summed E-state index contributed by atoms with van der Waals surface area (Å²) in [7, 11) is 0. The van der Waals surface area contributed by atoms with E-state index in [1.165, 1.54) is 0 Å². The minimum absolute atomic E-state index is 0.168. The number of hydrogen-bond acceptors (Lipinski definition) is 5. The Balaban J connectivity index is 2.03. The Hall–Kier alpha value is -2.28. The van der Waals surface area contributed by atoms with Crippen molar-refractivity contribution in [3.63, 3.8) is 0 Å². The number of nitrogen functional groups attached to an aromatic ring is 1. The zero-order chi connectivity index (χ0) is 14.7. The molecule has 0 unspecified atom stereocenters. The first-order valence-corrected chi connectivity index (χ1v) is 6.28. The lowest BCUT2D eigenvalue weighted by molar-refractivity contribution is 0.0924. The minimum atomic E-state index is -0.466. The molecule has 3 N–H and O–H groups in total. The van der Waals surface area contributed by atoms with Crippen LogP contribution in [0.3, 0.4) is 0 Å². The predicted molar refractivity (Wildman–Crippen MR) is 72.0 cm³/mol. The molecule has 0 aliphatic heterocycles. The van der Waals surface area contributed by atoms with Gasteiger partial charge in [0.25, 0.3) is 0 Å². The van der Waals surface area contributed by atoms with Gasteiger partial charge in [0.15, 0.2) is 11.5 Å². The number of hydrogen-bond donors (Lipinski definition) is 2. The first-order valence-electron chi connectivity index (χ1n) is 6.28. The van der Waals surface area contributed by atoms with Gasteiger partial charge in [-0.15, -0.1) is 0 Å². The molecule has 0 fully saturated rings. The summed E-state index contributed by atoms with van der Waals surface area (Å²) in [6.07, 6.45) is 3.48. The Labute approximate surface area is 116 Å². The summed E-state index contributed by atoms with van der Waals surface area (Å²) in [6, 6.07) is 1.90. The van der Waals surface area contributed by atoms with E-state index in [0.717, 1.165) is 5.56 Å². The highest BCUT2D eigenvalue weighted by Gasteiger charge is 2.14. The molecule has 0 atom stereocenters. The molecule has 0 saturated carbocycles. The van der Waals surface area contributed by atoms with Crippen LogP contribution in [-0.2, 0) is 6.61 Å². The lowest BCUT2D eigenvalue weighted by Crippen LogP contribution is -2.29. The predicted octanol–water partition coefficient (Wildman–Crippen LogP) is 1.55. The number of rotatable bonds is 5. The molecule has 7 heteroatoms. The Morgan fingerprint density at radius 1 is 1.60 bits per heavy atom. The number of ether oxygens (including phenoxy) is 1. The van der Waals surface area contributed by atoms with Crippen molar-refractivity contribution in [3.05, 3.63) is 35.5 Å². The van der Waals surface area contributed by atoms with Crippen LogP contribution < -0.4 is 16.0 Å². The van der Waals surface area contributed by atoms with Crippen molar-refractivity contribution in [1.29, 1.82) is 0 Å². The van der Waals surface area contributed by atoms with Gasteiger partial charge in [0.2, 0.25) is 0 Å². The smallest absolute Gasteiger partial charge is 0.300 e. The molecule has 0 spiro atoms. The molecule has 1 amide bonds. The van der Waals surface area contributed by atoms with Crippen LogP contribution in [0.4, 0.5) is 0 Å². The van der Waals surface area contributed by atoms with Gasteiger partial charge in [-0.3, -0.25) is 14.9 Å². The average molecular weight is 278 g/mol. The van der Waals surface area contributed by atoms with E-state index in [1.54, 1.807) is 19.2 Å². The first-order chi connectivity index (χ1) is 9.51. The van der Waals surface area contributed by atoms with Gasteiger partial charge in [0.1, 0.15) is 12.4 Å². The monoisotopic (exact) mass is 278 g/mol. The summed E-state index contributed by atoms with van der Waals surface area (Å²) in [6.45, 7) is 6.14. The Morgan fingerprint density at radius 3 is 2.95 bits per heavy atom. The van der Waals surface area contributed by atoms with Crippen molar-refractivity contribution in [2.45, 2.75) is 33.4 Å². The van der Waals surface area contributed by atoms with Gasteiger partial charge in [-0.25, -0.2) is 5.84 Å². The molecule has 20 heavy (non-hydrogen) atoms. The van der Waals surface area contributed by atoms with Crippen LogP contribution in [0.2, 0.25) is 0 Å². The van der Waals surface area contributed by atoms with Crippen molar-refractivity contribution in [2.75, 3.05) is 0 Å². The van der Waals surface area contributed by atoms with E-state index >= 15 is 0 Å². The average Bonchev–Trinajstić information content (AvgIpc) is 3.02. The third kappa shape index (κ3) is 3.00. The molecule has 0 bridgehead atoms. The van der Waals surface area contributed by atoms with Crippen LogP contribution in [-0.4, -0.2) is 15.7 Å².